The third-order valence-electron chi connectivity index (χ3n) is 2.77. The largest absolute Gasteiger partial charge is 0.465 e. The summed E-state index contributed by atoms with van der Waals surface area (Å²) in [5.74, 6) is -0.740. The molecule has 0 aliphatic heterocycles. The number of nitrogens with one attached hydrogen (secondary N) is 1. The molecule has 0 aliphatic carbocycles. The Morgan fingerprint density at radius 1 is 1.50 bits per heavy atom. The van der Waals surface area contributed by atoms with Crippen molar-refractivity contribution in [3.8, 4) is 0 Å². The summed E-state index contributed by atoms with van der Waals surface area (Å²) in [7, 11) is 3.07. The molecule has 1 amide bonds. The van der Waals surface area contributed by atoms with E-state index >= 15 is 0 Å². The van der Waals surface area contributed by atoms with Crippen molar-refractivity contribution in [3.05, 3.63) is 33.8 Å². The molecule has 2 aromatic rings. The van der Waals surface area contributed by atoms with Gasteiger partial charge in [0.05, 0.1) is 24.1 Å². The molecule has 0 saturated carbocycles. The van der Waals surface area contributed by atoms with Gasteiger partial charge in [0.25, 0.3) is 5.91 Å². The zero-order chi connectivity index (χ0) is 14.7. The van der Waals surface area contributed by atoms with Gasteiger partial charge in [-0.05, 0) is 17.9 Å². The zero-order valence-corrected chi connectivity index (χ0v) is 12.3. The highest BCUT2D eigenvalue weighted by atomic mass is 32.1. The molecule has 6 nitrogen and oxygen atoms in total. The predicted molar refractivity (Wildman–Crippen MR) is 76.2 cm³/mol. The molecule has 0 atom stereocenters. The number of nitrogens with zero attached hydrogens (tertiary/aromatic N) is 2. The Morgan fingerprint density at radius 2 is 2.25 bits per heavy atom. The lowest BCUT2D eigenvalue weighted by Gasteiger charge is -2.05. The van der Waals surface area contributed by atoms with E-state index in [1.807, 2.05) is 6.92 Å². The lowest BCUT2D eigenvalue weighted by atomic mass is 10.2. The van der Waals surface area contributed by atoms with E-state index in [9.17, 15) is 9.59 Å². The smallest absolute Gasteiger partial charge is 0.350 e. The third-order valence-corrected chi connectivity index (χ3v) is 3.66. The minimum atomic E-state index is -0.461. The van der Waals surface area contributed by atoms with E-state index in [1.54, 1.807) is 29.4 Å². The topological polar surface area (TPSA) is 73.2 Å². The Labute approximate surface area is 120 Å². The molecule has 0 fully saturated rings. The molecule has 0 aromatic carbocycles. The summed E-state index contributed by atoms with van der Waals surface area (Å²) in [4.78, 5) is 24.2. The summed E-state index contributed by atoms with van der Waals surface area (Å²) in [5.41, 5.74) is 1.69. The standard InChI is InChI=1S/C13H15N3O3S/c1-4-9-8(7-16(2)15-9)12(17)14-10-5-6-20-11(10)13(18)19-3/h5-7H,4H2,1-3H3,(H,14,17). The fourth-order valence-electron chi connectivity index (χ4n) is 1.83. The van der Waals surface area contributed by atoms with Crippen molar-refractivity contribution in [3.63, 3.8) is 0 Å². The molecule has 7 heteroatoms. The number of carbonyl (C=O) groups is 2. The van der Waals surface area contributed by atoms with Crippen LogP contribution in [0.4, 0.5) is 5.69 Å². The van der Waals surface area contributed by atoms with Crippen LogP contribution in [0.1, 0.15) is 32.6 Å². The number of rotatable bonds is 4. The third kappa shape index (κ3) is 2.72. The van der Waals surface area contributed by atoms with Crippen molar-refractivity contribution < 1.29 is 14.3 Å². The second kappa shape index (κ2) is 5.87. The molecule has 20 heavy (non-hydrogen) atoms. The van der Waals surface area contributed by atoms with Gasteiger partial charge in [-0.3, -0.25) is 9.48 Å². The number of hydrogen-bond acceptors (Lipinski definition) is 5. The van der Waals surface area contributed by atoms with Gasteiger partial charge in [-0.2, -0.15) is 5.10 Å². The molecule has 106 valence electrons. The Hall–Kier alpha value is -2.15. The molecular weight excluding hydrogens is 278 g/mol. The maximum atomic E-state index is 12.3. The van der Waals surface area contributed by atoms with E-state index in [0.717, 1.165) is 5.69 Å². The second-order valence-corrected chi connectivity index (χ2v) is 5.04. The van der Waals surface area contributed by atoms with Crippen molar-refractivity contribution in [1.29, 1.82) is 0 Å². The number of anilines is 1. The summed E-state index contributed by atoms with van der Waals surface area (Å²) < 4.78 is 6.28. The van der Waals surface area contributed by atoms with Gasteiger partial charge >= 0.3 is 5.97 Å². The normalized spacial score (nSPS) is 10.3. The molecule has 2 heterocycles. The molecule has 0 saturated heterocycles. The van der Waals surface area contributed by atoms with E-state index in [1.165, 1.54) is 18.4 Å². The van der Waals surface area contributed by atoms with Gasteiger partial charge in [0, 0.05) is 13.2 Å². The summed E-state index contributed by atoms with van der Waals surface area (Å²) in [6, 6.07) is 1.68. The summed E-state index contributed by atoms with van der Waals surface area (Å²) in [5, 5.41) is 8.68. The molecule has 2 aromatic heterocycles. The van der Waals surface area contributed by atoms with Crippen LogP contribution < -0.4 is 5.32 Å². The van der Waals surface area contributed by atoms with E-state index in [0.29, 0.717) is 22.5 Å². The molecule has 0 spiro atoms. The van der Waals surface area contributed by atoms with Gasteiger partial charge in [0.2, 0.25) is 0 Å². The Kier molecular flexibility index (Phi) is 4.19. The number of amides is 1. The fourth-order valence-corrected chi connectivity index (χ4v) is 2.60. The van der Waals surface area contributed by atoms with Crippen molar-refractivity contribution in [2.75, 3.05) is 12.4 Å². The van der Waals surface area contributed by atoms with Crippen LogP contribution >= 0.6 is 11.3 Å². The number of methoxy groups -OCH3 is 1. The number of hydrogen-bond donors (Lipinski definition) is 1. The lowest BCUT2D eigenvalue weighted by Crippen LogP contribution is -2.14. The maximum absolute atomic E-state index is 12.3. The molecule has 0 bridgehead atoms. The first-order chi connectivity index (χ1) is 9.56. The van der Waals surface area contributed by atoms with Gasteiger partial charge in [0.15, 0.2) is 0 Å². The number of carbonyl (C=O) groups excluding carboxylic acids is 2. The van der Waals surface area contributed by atoms with Crippen molar-refractivity contribution in [2.24, 2.45) is 7.05 Å². The van der Waals surface area contributed by atoms with Crippen LogP contribution in [0.5, 0.6) is 0 Å². The Bertz CT molecular complexity index is 645. The zero-order valence-electron chi connectivity index (χ0n) is 11.5. The van der Waals surface area contributed by atoms with E-state index in [-0.39, 0.29) is 5.91 Å². The first kappa shape index (κ1) is 14.3. The minimum absolute atomic E-state index is 0.279. The van der Waals surface area contributed by atoms with E-state index < -0.39 is 5.97 Å². The van der Waals surface area contributed by atoms with Gasteiger partial charge in [-0.1, -0.05) is 6.92 Å². The first-order valence-corrected chi connectivity index (χ1v) is 6.94. The van der Waals surface area contributed by atoms with Crippen LogP contribution in [0.2, 0.25) is 0 Å². The average molecular weight is 293 g/mol. The highest BCUT2D eigenvalue weighted by molar-refractivity contribution is 7.12. The van der Waals surface area contributed by atoms with Gasteiger partial charge in [-0.25, -0.2) is 4.79 Å². The van der Waals surface area contributed by atoms with Gasteiger partial charge < -0.3 is 10.1 Å². The van der Waals surface area contributed by atoms with E-state index in [2.05, 4.69) is 15.2 Å². The van der Waals surface area contributed by atoms with Crippen LogP contribution in [0.15, 0.2) is 17.6 Å². The number of aryl methyl sites for hydroxylation is 2. The monoisotopic (exact) mass is 293 g/mol. The second-order valence-electron chi connectivity index (χ2n) is 4.13. The molecule has 1 N–H and O–H groups in total. The van der Waals surface area contributed by atoms with Gasteiger partial charge in [0.1, 0.15) is 4.88 Å². The summed E-state index contributed by atoms with van der Waals surface area (Å²) in [6.45, 7) is 1.93. The Morgan fingerprint density at radius 3 is 2.90 bits per heavy atom. The van der Waals surface area contributed by atoms with Crippen LogP contribution in [0, 0.1) is 0 Å². The minimum Gasteiger partial charge on any atom is -0.465 e. The van der Waals surface area contributed by atoms with Crippen LogP contribution in [0.3, 0.4) is 0 Å². The van der Waals surface area contributed by atoms with Crippen LogP contribution in [0.25, 0.3) is 0 Å². The number of esters is 1. The van der Waals surface area contributed by atoms with Crippen molar-refractivity contribution >= 4 is 28.9 Å². The van der Waals surface area contributed by atoms with Gasteiger partial charge in [-0.15, -0.1) is 11.3 Å². The van der Waals surface area contributed by atoms with Crippen LogP contribution in [-0.4, -0.2) is 28.8 Å². The molecule has 2 rings (SSSR count). The van der Waals surface area contributed by atoms with Crippen molar-refractivity contribution in [2.45, 2.75) is 13.3 Å². The summed E-state index contributed by atoms with van der Waals surface area (Å²) in [6.07, 6.45) is 2.33. The number of aromatic nitrogens is 2. The first-order valence-electron chi connectivity index (χ1n) is 6.06. The molecule has 0 unspecified atom stereocenters. The maximum Gasteiger partial charge on any atom is 0.350 e. The predicted octanol–water partition coefficient (Wildman–Crippen LogP) is 2.08. The number of thiophene rings is 1. The lowest BCUT2D eigenvalue weighted by molar-refractivity contribution is 0.0607. The molecule has 0 aliphatic rings. The fraction of sp³-hybridized carbons (Fsp3) is 0.308. The van der Waals surface area contributed by atoms with Crippen LogP contribution in [-0.2, 0) is 18.2 Å². The van der Waals surface area contributed by atoms with Crippen molar-refractivity contribution in [1.82, 2.24) is 9.78 Å². The summed E-state index contributed by atoms with van der Waals surface area (Å²) >= 11 is 1.22. The average Bonchev–Trinajstić information content (AvgIpc) is 3.04. The highest BCUT2D eigenvalue weighted by Gasteiger charge is 2.19. The number of ether oxygens (including phenoxy) is 1. The quantitative estimate of drug-likeness (QED) is 0.876. The highest BCUT2D eigenvalue weighted by Crippen LogP contribution is 2.24. The molecule has 0 radical (unpaired) electrons. The van der Waals surface area contributed by atoms with E-state index in [4.69, 9.17) is 0 Å². The SMILES string of the molecule is CCc1nn(C)cc1C(=O)Nc1ccsc1C(=O)OC. The molecular formula is C13H15N3O3S. The Balaban J connectivity index is 2.24.